The standard InChI is InChI=1S/C12H14N6O2S/c1-7-4-3-5-8(2)10(7)18-12(15-16-17-18)21-6-9(19)14-11(13)20/h3-5H,6H2,1-2H3,(H3,13,14,19,20). The van der Waals surface area contributed by atoms with Gasteiger partial charge in [-0.15, -0.1) is 5.10 Å². The van der Waals surface area contributed by atoms with E-state index in [1.54, 1.807) is 4.68 Å². The van der Waals surface area contributed by atoms with Crippen LogP contribution in [0.25, 0.3) is 5.69 Å². The first kappa shape index (κ1) is 15.0. The number of amides is 3. The van der Waals surface area contributed by atoms with Gasteiger partial charge in [0.15, 0.2) is 0 Å². The van der Waals surface area contributed by atoms with E-state index < -0.39 is 11.9 Å². The number of benzene rings is 1. The van der Waals surface area contributed by atoms with Crippen LogP contribution in [0.3, 0.4) is 0 Å². The number of carbonyl (C=O) groups is 2. The molecular weight excluding hydrogens is 292 g/mol. The molecule has 0 fully saturated rings. The van der Waals surface area contributed by atoms with Crippen molar-refractivity contribution in [3.05, 3.63) is 29.3 Å². The quantitative estimate of drug-likeness (QED) is 0.798. The molecule has 0 bridgehead atoms. The third-order valence-corrected chi connectivity index (χ3v) is 3.61. The zero-order valence-electron chi connectivity index (χ0n) is 11.5. The molecule has 0 aliphatic heterocycles. The van der Waals surface area contributed by atoms with Crippen molar-refractivity contribution in [2.45, 2.75) is 19.0 Å². The maximum atomic E-state index is 11.4. The van der Waals surface area contributed by atoms with Crippen LogP contribution in [0.1, 0.15) is 11.1 Å². The van der Waals surface area contributed by atoms with Gasteiger partial charge in [0.1, 0.15) is 0 Å². The van der Waals surface area contributed by atoms with Crippen molar-refractivity contribution < 1.29 is 9.59 Å². The number of carbonyl (C=O) groups excluding carboxylic acids is 2. The molecule has 3 N–H and O–H groups in total. The number of imide groups is 1. The van der Waals surface area contributed by atoms with Gasteiger partial charge in [0.25, 0.3) is 0 Å². The molecule has 2 rings (SSSR count). The van der Waals surface area contributed by atoms with Crippen LogP contribution in [0.4, 0.5) is 4.79 Å². The fourth-order valence-corrected chi connectivity index (χ4v) is 2.53. The maximum Gasteiger partial charge on any atom is 0.318 e. The minimum Gasteiger partial charge on any atom is -0.351 e. The normalized spacial score (nSPS) is 10.4. The van der Waals surface area contributed by atoms with Crippen LogP contribution in [-0.2, 0) is 4.79 Å². The summed E-state index contributed by atoms with van der Waals surface area (Å²) in [6.45, 7) is 3.91. The van der Waals surface area contributed by atoms with Crippen molar-refractivity contribution in [1.82, 2.24) is 25.5 Å². The summed E-state index contributed by atoms with van der Waals surface area (Å²) in [5, 5.41) is 13.9. The second-order valence-electron chi connectivity index (χ2n) is 4.31. The number of nitrogens with zero attached hydrogens (tertiary/aromatic N) is 4. The molecule has 0 saturated carbocycles. The largest absolute Gasteiger partial charge is 0.351 e. The number of tetrazole rings is 1. The van der Waals surface area contributed by atoms with Crippen LogP contribution >= 0.6 is 11.8 Å². The summed E-state index contributed by atoms with van der Waals surface area (Å²) in [5.41, 5.74) is 7.79. The molecule has 0 aliphatic carbocycles. The highest BCUT2D eigenvalue weighted by atomic mass is 32.2. The Morgan fingerprint density at radius 2 is 2.00 bits per heavy atom. The highest BCUT2D eigenvalue weighted by Gasteiger charge is 2.15. The van der Waals surface area contributed by atoms with E-state index in [4.69, 9.17) is 5.73 Å². The Morgan fingerprint density at radius 1 is 1.33 bits per heavy atom. The lowest BCUT2D eigenvalue weighted by Gasteiger charge is -2.10. The van der Waals surface area contributed by atoms with Crippen LogP contribution in [0.2, 0.25) is 0 Å². The van der Waals surface area contributed by atoms with Crippen molar-refractivity contribution in [3.8, 4) is 5.69 Å². The first-order valence-corrected chi connectivity index (χ1v) is 7.04. The van der Waals surface area contributed by atoms with Crippen LogP contribution in [-0.4, -0.2) is 37.9 Å². The van der Waals surface area contributed by atoms with Crippen molar-refractivity contribution in [2.24, 2.45) is 5.73 Å². The zero-order chi connectivity index (χ0) is 15.4. The molecule has 21 heavy (non-hydrogen) atoms. The third kappa shape index (κ3) is 3.57. The number of thioether (sulfide) groups is 1. The monoisotopic (exact) mass is 306 g/mol. The van der Waals surface area contributed by atoms with E-state index in [9.17, 15) is 9.59 Å². The molecule has 9 heteroatoms. The topological polar surface area (TPSA) is 116 Å². The number of primary amides is 1. The fourth-order valence-electron chi connectivity index (χ4n) is 1.85. The Balaban J connectivity index is 2.20. The summed E-state index contributed by atoms with van der Waals surface area (Å²) >= 11 is 1.12. The first-order valence-electron chi connectivity index (χ1n) is 6.06. The maximum absolute atomic E-state index is 11.4. The van der Waals surface area contributed by atoms with Gasteiger partial charge in [-0.2, -0.15) is 4.68 Å². The number of aryl methyl sites for hydroxylation is 2. The van der Waals surface area contributed by atoms with Crippen LogP contribution < -0.4 is 11.1 Å². The molecular formula is C12H14N6O2S. The smallest absolute Gasteiger partial charge is 0.318 e. The molecule has 0 saturated heterocycles. The molecule has 1 aromatic carbocycles. The SMILES string of the molecule is Cc1cccc(C)c1-n1nnnc1SCC(=O)NC(N)=O. The number of para-hydroxylation sites is 1. The minimum absolute atomic E-state index is 0.00571. The summed E-state index contributed by atoms with van der Waals surface area (Å²) < 4.78 is 1.58. The molecule has 110 valence electrons. The van der Waals surface area contributed by atoms with Gasteiger partial charge in [-0.25, -0.2) is 4.79 Å². The summed E-state index contributed by atoms with van der Waals surface area (Å²) in [5.74, 6) is -0.502. The van der Waals surface area contributed by atoms with Crippen molar-refractivity contribution in [2.75, 3.05) is 5.75 Å². The van der Waals surface area contributed by atoms with Gasteiger partial charge in [-0.05, 0) is 35.4 Å². The van der Waals surface area contributed by atoms with Gasteiger partial charge in [0, 0.05) is 0 Å². The fraction of sp³-hybridized carbons (Fsp3) is 0.250. The lowest BCUT2D eigenvalue weighted by molar-refractivity contribution is -0.117. The number of urea groups is 1. The Kier molecular flexibility index (Phi) is 4.53. The lowest BCUT2D eigenvalue weighted by atomic mass is 10.1. The van der Waals surface area contributed by atoms with Crippen molar-refractivity contribution in [1.29, 1.82) is 0 Å². The van der Waals surface area contributed by atoms with E-state index >= 15 is 0 Å². The van der Waals surface area contributed by atoms with Crippen molar-refractivity contribution >= 4 is 23.7 Å². The molecule has 1 heterocycles. The minimum atomic E-state index is -0.880. The Hall–Kier alpha value is -2.42. The van der Waals surface area contributed by atoms with E-state index in [2.05, 4.69) is 15.5 Å². The summed E-state index contributed by atoms with van der Waals surface area (Å²) in [4.78, 5) is 22.0. The van der Waals surface area contributed by atoms with Gasteiger partial charge in [-0.3, -0.25) is 10.1 Å². The second kappa shape index (κ2) is 6.35. The molecule has 0 radical (unpaired) electrons. The highest BCUT2D eigenvalue weighted by Crippen LogP contribution is 2.23. The average molecular weight is 306 g/mol. The summed E-state index contributed by atoms with van der Waals surface area (Å²) in [7, 11) is 0. The number of rotatable bonds is 4. The summed E-state index contributed by atoms with van der Waals surface area (Å²) in [6.07, 6.45) is 0. The van der Waals surface area contributed by atoms with Gasteiger partial charge < -0.3 is 5.73 Å². The molecule has 1 aromatic heterocycles. The number of nitrogens with two attached hydrogens (primary N) is 1. The van der Waals surface area contributed by atoms with Crippen molar-refractivity contribution in [3.63, 3.8) is 0 Å². The molecule has 3 amide bonds. The number of aromatic nitrogens is 4. The number of nitrogens with one attached hydrogen (secondary N) is 1. The predicted molar refractivity (Wildman–Crippen MR) is 77.1 cm³/mol. The van der Waals surface area contributed by atoms with E-state index in [0.29, 0.717) is 5.16 Å². The predicted octanol–water partition coefficient (Wildman–Crippen LogP) is 0.566. The average Bonchev–Trinajstić information content (AvgIpc) is 2.83. The Bertz CT molecular complexity index is 664. The van der Waals surface area contributed by atoms with Gasteiger partial charge in [-0.1, -0.05) is 30.0 Å². The van der Waals surface area contributed by atoms with E-state index in [-0.39, 0.29) is 5.75 Å². The van der Waals surface area contributed by atoms with E-state index in [0.717, 1.165) is 28.6 Å². The molecule has 0 spiro atoms. The first-order chi connectivity index (χ1) is 9.99. The number of hydrogen-bond donors (Lipinski definition) is 2. The Morgan fingerprint density at radius 3 is 2.62 bits per heavy atom. The van der Waals surface area contributed by atoms with Gasteiger partial charge in [0.05, 0.1) is 11.4 Å². The summed E-state index contributed by atoms with van der Waals surface area (Å²) in [6, 6.07) is 4.98. The third-order valence-electron chi connectivity index (χ3n) is 2.69. The molecule has 8 nitrogen and oxygen atoms in total. The molecule has 0 atom stereocenters. The van der Waals surface area contributed by atoms with Gasteiger partial charge >= 0.3 is 6.03 Å². The molecule has 0 aliphatic rings. The lowest BCUT2D eigenvalue weighted by Crippen LogP contribution is -2.36. The van der Waals surface area contributed by atoms with E-state index in [1.165, 1.54) is 0 Å². The second-order valence-corrected chi connectivity index (χ2v) is 5.26. The molecule has 2 aromatic rings. The Labute approximate surface area is 125 Å². The zero-order valence-corrected chi connectivity index (χ0v) is 12.3. The highest BCUT2D eigenvalue weighted by molar-refractivity contribution is 7.99. The molecule has 0 unspecified atom stereocenters. The van der Waals surface area contributed by atoms with Crippen LogP contribution in [0.15, 0.2) is 23.4 Å². The van der Waals surface area contributed by atoms with Crippen LogP contribution in [0.5, 0.6) is 0 Å². The van der Waals surface area contributed by atoms with Gasteiger partial charge in [0.2, 0.25) is 11.1 Å². The van der Waals surface area contributed by atoms with Crippen LogP contribution in [0, 0.1) is 13.8 Å². The van der Waals surface area contributed by atoms with E-state index in [1.807, 2.05) is 37.4 Å². The number of hydrogen-bond acceptors (Lipinski definition) is 6.